The second kappa shape index (κ2) is 2.99. The van der Waals surface area contributed by atoms with Crippen LogP contribution in [0.3, 0.4) is 0 Å². The van der Waals surface area contributed by atoms with Crippen molar-refractivity contribution in [1.82, 2.24) is 4.90 Å². The fourth-order valence-corrected chi connectivity index (χ4v) is 0.183. The Morgan fingerprint density at radius 2 is 1.86 bits per heavy atom. The van der Waals surface area contributed by atoms with Crippen molar-refractivity contribution in [1.29, 1.82) is 0 Å². The lowest BCUT2D eigenvalue weighted by Crippen LogP contribution is -2.17. The first-order valence-corrected chi connectivity index (χ1v) is 2.23. The number of ether oxygens (including phenoxy) is 1. The van der Waals surface area contributed by atoms with Gasteiger partial charge in [0.25, 0.3) is 0 Å². The Kier molecular flexibility index (Phi) is 2.96. The molecule has 2 nitrogen and oxygen atoms in total. The maximum absolute atomic E-state index is 4.85. The van der Waals surface area contributed by atoms with Gasteiger partial charge in [-0.05, 0) is 21.0 Å². The third-order valence-electron chi connectivity index (χ3n) is 0.925. The summed E-state index contributed by atoms with van der Waals surface area (Å²) in [4.78, 5) is 1.92. The van der Waals surface area contributed by atoms with Crippen molar-refractivity contribution < 1.29 is 4.74 Å². The molecule has 0 saturated carbocycles. The third-order valence-corrected chi connectivity index (χ3v) is 0.925. The van der Waals surface area contributed by atoms with E-state index in [2.05, 4.69) is 0 Å². The van der Waals surface area contributed by atoms with Crippen LogP contribution in [0.2, 0.25) is 0 Å². The minimum Gasteiger partial charge on any atom is -0.359 e. The Morgan fingerprint density at radius 3 is 1.86 bits per heavy atom. The summed E-state index contributed by atoms with van der Waals surface area (Å²) < 4.78 is 4.85. The van der Waals surface area contributed by atoms with Crippen LogP contribution in [0, 0.1) is 6.23 Å². The van der Waals surface area contributed by atoms with Crippen LogP contribution in [0.5, 0.6) is 0 Å². The molecule has 0 spiro atoms. The summed E-state index contributed by atoms with van der Waals surface area (Å²) in [7, 11) is 5.55. The number of hydrogen-bond acceptors (Lipinski definition) is 2. The molecule has 0 amide bonds. The van der Waals surface area contributed by atoms with Crippen molar-refractivity contribution in [3.05, 3.63) is 6.23 Å². The third kappa shape index (κ3) is 2.60. The van der Waals surface area contributed by atoms with Crippen LogP contribution in [0.1, 0.15) is 6.92 Å². The highest BCUT2D eigenvalue weighted by Crippen LogP contribution is 1.98. The van der Waals surface area contributed by atoms with Gasteiger partial charge in [-0.25, -0.2) is 0 Å². The van der Waals surface area contributed by atoms with Crippen LogP contribution in [-0.2, 0) is 4.74 Å². The fourth-order valence-electron chi connectivity index (χ4n) is 0.183. The van der Waals surface area contributed by atoms with Crippen LogP contribution >= 0.6 is 0 Å². The summed E-state index contributed by atoms with van der Waals surface area (Å²) in [6.45, 7) is 1.92. The molecule has 43 valence electrons. The molecule has 0 unspecified atom stereocenters. The van der Waals surface area contributed by atoms with E-state index in [1.807, 2.05) is 25.9 Å². The van der Waals surface area contributed by atoms with Crippen LogP contribution in [-0.4, -0.2) is 26.1 Å². The molecular weight excluding hydrogens is 90.1 g/mol. The molecule has 0 rings (SSSR count). The van der Waals surface area contributed by atoms with E-state index in [4.69, 9.17) is 4.74 Å². The highest BCUT2D eigenvalue weighted by molar-refractivity contribution is 4.63. The van der Waals surface area contributed by atoms with Crippen molar-refractivity contribution in [3.8, 4) is 0 Å². The van der Waals surface area contributed by atoms with Crippen molar-refractivity contribution >= 4 is 0 Å². The zero-order chi connectivity index (χ0) is 5.86. The highest BCUT2D eigenvalue weighted by atomic mass is 16.5. The molecule has 2 heteroatoms. The molecule has 0 N–H and O–H groups in total. The van der Waals surface area contributed by atoms with Gasteiger partial charge < -0.3 is 4.74 Å². The van der Waals surface area contributed by atoms with Gasteiger partial charge in [0.05, 0.1) is 0 Å². The normalized spacial score (nSPS) is 11.1. The van der Waals surface area contributed by atoms with Gasteiger partial charge in [-0.1, -0.05) is 0 Å². The second-order valence-corrected chi connectivity index (χ2v) is 1.62. The monoisotopic (exact) mass is 102 g/mol. The van der Waals surface area contributed by atoms with Crippen molar-refractivity contribution in [3.63, 3.8) is 0 Å². The first kappa shape index (κ1) is 6.92. The molecule has 0 saturated heterocycles. The maximum Gasteiger partial charge on any atom is 0.160 e. The number of nitrogens with zero attached hydrogens (tertiary/aromatic N) is 1. The molecule has 0 atom stereocenters. The molecule has 0 heterocycles. The molecule has 0 bridgehead atoms. The largest absolute Gasteiger partial charge is 0.359 e. The van der Waals surface area contributed by atoms with Gasteiger partial charge in [0, 0.05) is 7.11 Å². The highest BCUT2D eigenvalue weighted by Gasteiger charge is 1.99. The van der Waals surface area contributed by atoms with E-state index < -0.39 is 0 Å². The first-order valence-electron chi connectivity index (χ1n) is 2.23. The molecule has 0 aliphatic heterocycles. The average Bonchev–Trinajstić information content (AvgIpc) is 1.65. The van der Waals surface area contributed by atoms with E-state index >= 15 is 0 Å². The SMILES string of the molecule is CO[C](C)N(C)C. The van der Waals surface area contributed by atoms with E-state index in [9.17, 15) is 0 Å². The van der Waals surface area contributed by atoms with E-state index in [0.29, 0.717) is 0 Å². The summed E-state index contributed by atoms with van der Waals surface area (Å²) in [6.07, 6.45) is 0.931. The Labute approximate surface area is 45.1 Å². The van der Waals surface area contributed by atoms with Crippen molar-refractivity contribution in [2.45, 2.75) is 6.92 Å². The lowest BCUT2D eigenvalue weighted by Gasteiger charge is -2.14. The minimum absolute atomic E-state index is 0.931. The summed E-state index contributed by atoms with van der Waals surface area (Å²) >= 11 is 0. The lowest BCUT2D eigenvalue weighted by molar-refractivity contribution is 0.113. The van der Waals surface area contributed by atoms with Crippen LogP contribution in [0.25, 0.3) is 0 Å². The molecule has 0 aromatic rings. The Hall–Kier alpha value is -0.0800. The molecule has 7 heavy (non-hydrogen) atoms. The Balaban J connectivity index is 3.14. The average molecular weight is 102 g/mol. The number of methoxy groups -OCH3 is 1. The smallest absolute Gasteiger partial charge is 0.160 e. The van der Waals surface area contributed by atoms with Crippen molar-refractivity contribution in [2.75, 3.05) is 21.2 Å². The van der Waals surface area contributed by atoms with E-state index in [1.54, 1.807) is 7.11 Å². The predicted octanol–water partition coefficient (Wildman–Crippen LogP) is 0.704. The van der Waals surface area contributed by atoms with Gasteiger partial charge in [0.1, 0.15) is 0 Å². The molecule has 0 aliphatic rings. The van der Waals surface area contributed by atoms with Gasteiger partial charge in [0.15, 0.2) is 6.23 Å². The standard InChI is InChI=1S/C5H12NO/c1-5(7-4)6(2)3/h1-4H3. The number of hydrogen-bond donors (Lipinski definition) is 0. The summed E-state index contributed by atoms with van der Waals surface area (Å²) in [6, 6.07) is 0. The van der Waals surface area contributed by atoms with E-state index in [0.717, 1.165) is 6.23 Å². The van der Waals surface area contributed by atoms with Gasteiger partial charge >= 0.3 is 0 Å². The summed E-state index contributed by atoms with van der Waals surface area (Å²) in [5, 5.41) is 0. The molecule has 0 aliphatic carbocycles. The van der Waals surface area contributed by atoms with Gasteiger partial charge in [-0.15, -0.1) is 0 Å². The summed E-state index contributed by atoms with van der Waals surface area (Å²) in [5.41, 5.74) is 0. The number of rotatable bonds is 2. The van der Waals surface area contributed by atoms with Crippen LogP contribution in [0.4, 0.5) is 0 Å². The van der Waals surface area contributed by atoms with Gasteiger partial charge in [-0.2, -0.15) is 0 Å². The Morgan fingerprint density at radius 1 is 1.43 bits per heavy atom. The lowest BCUT2D eigenvalue weighted by atomic mass is 10.6. The van der Waals surface area contributed by atoms with Crippen LogP contribution < -0.4 is 0 Å². The predicted molar refractivity (Wildman–Crippen MR) is 29.6 cm³/mol. The minimum atomic E-state index is 0.931. The Bertz CT molecular complexity index is 45.3. The molecule has 0 aromatic heterocycles. The topological polar surface area (TPSA) is 12.5 Å². The van der Waals surface area contributed by atoms with Crippen molar-refractivity contribution in [2.24, 2.45) is 0 Å². The molecule has 0 aromatic carbocycles. The zero-order valence-corrected chi connectivity index (χ0v) is 5.36. The molecular formula is C5H12NO. The quantitative estimate of drug-likeness (QED) is 0.509. The van der Waals surface area contributed by atoms with E-state index in [1.165, 1.54) is 0 Å². The fraction of sp³-hybridized carbons (Fsp3) is 0.800. The zero-order valence-electron chi connectivity index (χ0n) is 5.36. The van der Waals surface area contributed by atoms with Crippen LogP contribution in [0.15, 0.2) is 0 Å². The van der Waals surface area contributed by atoms with Gasteiger partial charge in [0.2, 0.25) is 0 Å². The summed E-state index contributed by atoms with van der Waals surface area (Å²) in [5.74, 6) is 0. The van der Waals surface area contributed by atoms with Gasteiger partial charge in [-0.3, -0.25) is 4.90 Å². The molecule has 1 radical (unpaired) electrons. The first-order chi connectivity index (χ1) is 3.18. The van der Waals surface area contributed by atoms with E-state index in [-0.39, 0.29) is 0 Å². The second-order valence-electron chi connectivity index (χ2n) is 1.62. The molecule has 0 fully saturated rings. The maximum atomic E-state index is 4.85.